The minimum Gasteiger partial charge on any atom is -0.394 e. The second-order valence-corrected chi connectivity index (χ2v) is 5.06. The molecule has 98 valence electrons. The minimum atomic E-state index is -0.180. The summed E-state index contributed by atoms with van der Waals surface area (Å²) in [6, 6.07) is -0.180. The fourth-order valence-corrected chi connectivity index (χ4v) is 2.02. The van der Waals surface area contributed by atoms with Crippen LogP contribution in [0, 0.1) is 11.8 Å². The van der Waals surface area contributed by atoms with Gasteiger partial charge in [0.25, 0.3) is 0 Å². The Bertz CT molecular complexity index is 269. The van der Waals surface area contributed by atoms with Crippen LogP contribution in [-0.4, -0.2) is 36.1 Å². The van der Waals surface area contributed by atoms with E-state index in [0.717, 1.165) is 6.42 Å². The number of nitrogens with one attached hydrogen (secondary N) is 2. The average molecular weight is 242 g/mol. The van der Waals surface area contributed by atoms with Crippen molar-refractivity contribution < 1.29 is 14.7 Å². The summed E-state index contributed by atoms with van der Waals surface area (Å²) in [4.78, 5) is 22.9. The Morgan fingerprint density at radius 3 is 2.76 bits per heavy atom. The smallest absolute Gasteiger partial charge is 0.225 e. The summed E-state index contributed by atoms with van der Waals surface area (Å²) in [5.74, 6) is 0.215. The predicted octanol–water partition coefficient (Wildman–Crippen LogP) is 0.0358. The van der Waals surface area contributed by atoms with Crippen LogP contribution in [-0.2, 0) is 9.59 Å². The number of amides is 2. The third-order valence-corrected chi connectivity index (χ3v) is 2.96. The number of piperidine rings is 1. The van der Waals surface area contributed by atoms with Crippen molar-refractivity contribution in [1.82, 2.24) is 10.6 Å². The van der Waals surface area contributed by atoms with Gasteiger partial charge in [0.15, 0.2) is 0 Å². The molecule has 1 fully saturated rings. The van der Waals surface area contributed by atoms with Crippen LogP contribution in [0.3, 0.4) is 0 Å². The van der Waals surface area contributed by atoms with Gasteiger partial charge in [-0.25, -0.2) is 0 Å². The van der Waals surface area contributed by atoms with Gasteiger partial charge >= 0.3 is 0 Å². The first-order valence-corrected chi connectivity index (χ1v) is 6.20. The third-order valence-electron chi connectivity index (χ3n) is 2.96. The van der Waals surface area contributed by atoms with Crippen molar-refractivity contribution in [2.24, 2.45) is 11.8 Å². The largest absolute Gasteiger partial charge is 0.394 e. The Kier molecular flexibility index (Phi) is 5.41. The van der Waals surface area contributed by atoms with Crippen molar-refractivity contribution in [2.75, 3.05) is 13.2 Å². The van der Waals surface area contributed by atoms with Crippen LogP contribution in [0.15, 0.2) is 0 Å². The second kappa shape index (κ2) is 6.59. The normalized spacial score (nSPS) is 22.1. The van der Waals surface area contributed by atoms with Gasteiger partial charge in [-0.2, -0.15) is 0 Å². The molecule has 1 aliphatic heterocycles. The SMILES string of the molecule is CC(C)CC(CO)NC(=O)C1CCC(=O)NC1. The van der Waals surface area contributed by atoms with Gasteiger partial charge in [-0.1, -0.05) is 13.8 Å². The third kappa shape index (κ3) is 4.73. The molecular formula is C12H22N2O3. The number of hydrogen-bond donors (Lipinski definition) is 3. The van der Waals surface area contributed by atoms with Gasteiger partial charge in [-0.05, 0) is 18.8 Å². The van der Waals surface area contributed by atoms with Gasteiger partial charge in [-0.3, -0.25) is 9.59 Å². The molecule has 2 unspecified atom stereocenters. The van der Waals surface area contributed by atoms with Crippen LogP contribution < -0.4 is 10.6 Å². The lowest BCUT2D eigenvalue weighted by atomic mass is 9.97. The summed E-state index contributed by atoms with van der Waals surface area (Å²) in [7, 11) is 0. The molecule has 17 heavy (non-hydrogen) atoms. The number of carbonyl (C=O) groups excluding carboxylic acids is 2. The zero-order valence-electron chi connectivity index (χ0n) is 10.5. The summed E-state index contributed by atoms with van der Waals surface area (Å²) >= 11 is 0. The van der Waals surface area contributed by atoms with E-state index in [1.807, 2.05) is 0 Å². The predicted molar refractivity (Wildman–Crippen MR) is 64.2 cm³/mol. The Morgan fingerprint density at radius 1 is 1.59 bits per heavy atom. The molecule has 3 N–H and O–H groups in total. The molecule has 0 aromatic carbocycles. The molecule has 0 aromatic rings. The highest BCUT2D eigenvalue weighted by Gasteiger charge is 2.25. The standard InChI is InChI=1S/C12H22N2O3/c1-8(2)5-10(7-15)14-12(17)9-3-4-11(16)13-6-9/h8-10,15H,3-7H2,1-2H3,(H,13,16)(H,14,17). The van der Waals surface area contributed by atoms with Crippen molar-refractivity contribution in [3.63, 3.8) is 0 Å². The quantitative estimate of drug-likeness (QED) is 0.636. The Morgan fingerprint density at radius 2 is 2.29 bits per heavy atom. The number of aliphatic hydroxyl groups excluding tert-OH is 1. The van der Waals surface area contributed by atoms with Gasteiger partial charge in [0.1, 0.15) is 0 Å². The highest BCUT2D eigenvalue weighted by molar-refractivity contribution is 5.83. The van der Waals surface area contributed by atoms with Crippen molar-refractivity contribution in [2.45, 2.75) is 39.2 Å². The summed E-state index contributed by atoms with van der Waals surface area (Å²) in [5.41, 5.74) is 0. The van der Waals surface area contributed by atoms with Crippen molar-refractivity contribution in [3.8, 4) is 0 Å². The van der Waals surface area contributed by atoms with Gasteiger partial charge in [0, 0.05) is 13.0 Å². The van der Waals surface area contributed by atoms with Crippen LogP contribution in [0.5, 0.6) is 0 Å². The first-order valence-electron chi connectivity index (χ1n) is 6.20. The summed E-state index contributed by atoms with van der Waals surface area (Å²) in [6.07, 6.45) is 1.77. The molecular weight excluding hydrogens is 220 g/mol. The van der Waals surface area contributed by atoms with E-state index in [1.54, 1.807) is 0 Å². The van der Waals surface area contributed by atoms with E-state index in [0.29, 0.717) is 25.3 Å². The van der Waals surface area contributed by atoms with Gasteiger partial charge < -0.3 is 15.7 Å². The van der Waals surface area contributed by atoms with E-state index < -0.39 is 0 Å². The van der Waals surface area contributed by atoms with E-state index in [9.17, 15) is 14.7 Å². The molecule has 0 bridgehead atoms. The number of carbonyl (C=O) groups is 2. The number of rotatable bonds is 5. The summed E-state index contributed by atoms with van der Waals surface area (Å²) < 4.78 is 0. The van der Waals surface area contributed by atoms with Crippen LogP contribution in [0.2, 0.25) is 0 Å². The number of aliphatic hydroxyl groups is 1. The van der Waals surface area contributed by atoms with Gasteiger partial charge in [0.05, 0.1) is 18.6 Å². The highest BCUT2D eigenvalue weighted by Crippen LogP contribution is 2.12. The molecule has 2 atom stereocenters. The Balaban J connectivity index is 2.39. The fraction of sp³-hybridized carbons (Fsp3) is 0.833. The van der Waals surface area contributed by atoms with Crippen LogP contribution in [0.25, 0.3) is 0 Å². The van der Waals surface area contributed by atoms with Crippen LogP contribution in [0.1, 0.15) is 33.1 Å². The lowest BCUT2D eigenvalue weighted by Crippen LogP contribution is -2.47. The van der Waals surface area contributed by atoms with Crippen molar-refractivity contribution in [3.05, 3.63) is 0 Å². The number of hydrogen-bond acceptors (Lipinski definition) is 3. The van der Waals surface area contributed by atoms with Crippen molar-refractivity contribution in [1.29, 1.82) is 0 Å². The molecule has 1 heterocycles. The maximum Gasteiger partial charge on any atom is 0.225 e. The summed E-state index contributed by atoms with van der Waals surface area (Å²) in [5, 5.41) is 14.7. The van der Waals surface area contributed by atoms with Crippen LogP contribution >= 0.6 is 0 Å². The molecule has 0 spiro atoms. The first kappa shape index (κ1) is 14.0. The Hall–Kier alpha value is -1.10. The Labute approximate surface area is 102 Å². The molecule has 5 nitrogen and oxygen atoms in total. The zero-order chi connectivity index (χ0) is 12.8. The average Bonchev–Trinajstić information content (AvgIpc) is 2.28. The lowest BCUT2D eigenvalue weighted by Gasteiger charge is -2.25. The minimum absolute atomic E-state index is 0.00920. The van der Waals surface area contributed by atoms with Gasteiger partial charge in [-0.15, -0.1) is 0 Å². The van der Waals surface area contributed by atoms with Crippen molar-refractivity contribution >= 4 is 11.8 Å². The first-order chi connectivity index (χ1) is 8.02. The van der Waals surface area contributed by atoms with E-state index >= 15 is 0 Å². The molecule has 1 saturated heterocycles. The molecule has 2 amide bonds. The maximum atomic E-state index is 11.9. The molecule has 1 aliphatic rings. The fourth-order valence-electron chi connectivity index (χ4n) is 2.02. The molecule has 0 aliphatic carbocycles. The molecule has 0 aromatic heterocycles. The zero-order valence-corrected chi connectivity index (χ0v) is 10.5. The molecule has 0 radical (unpaired) electrons. The van der Waals surface area contributed by atoms with E-state index in [-0.39, 0.29) is 30.4 Å². The molecule has 0 saturated carbocycles. The maximum absolute atomic E-state index is 11.9. The second-order valence-electron chi connectivity index (χ2n) is 5.06. The molecule has 5 heteroatoms. The highest BCUT2D eigenvalue weighted by atomic mass is 16.3. The van der Waals surface area contributed by atoms with Gasteiger partial charge in [0.2, 0.25) is 11.8 Å². The van der Waals surface area contributed by atoms with Crippen LogP contribution in [0.4, 0.5) is 0 Å². The lowest BCUT2D eigenvalue weighted by molar-refractivity contribution is -0.129. The summed E-state index contributed by atoms with van der Waals surface area (Å²) in [6.45, 7) is 4.47. The van der Waals surface area contributed by atoms with E-state index in [4.69, 9.17) is 0 Å². The topological polar surface area (TPSA) is 78.4 Å². The molecule has 1 rings (SSSR count). The van der Waals surface area contributed by atoms with E-state index in [1.165, 1.54) is 0 Å². The monoisotopic (exact) mass is 242 g/mol. The van der Waals surface area contributed by atoms with E-state index in [2.05, 4.69) is 24.5 Å².